The topological polar surface area (TPSA) is 99.7 Å². The molecule has 0 aromatic carbocycles. The van der Waals surface area contributed by atoms with Crippen LogP contribution in [0.3, 0.4) is 0 Å². The minimum absolute atomic E-state index is 0.205. The molecule has 2 rings (SSSR count). The number of ether oxygens (including phenoxy) is 1. The lowest BCUT2D eigenvalue weighted by molar-refractivity contribution is -0.130. The fourth-order valence-electron chi connectivity index (χ4n) is 3.57. The van der Waals surface area contributed by atoms with E-state index in [9.17, 15) is 14.7 Å². The number of alkyl carbamates (subject to hydrolysis) is 1. The molecule has 2 aliphatic rings. The number of carbonyl (C=O) groups is 2. The van der Waals surface area contributed by atoms with Crippen LogP contribution in [-0.2, 0) is 9.53 Å². The van der Waals surface area contributed by atoms with E-state index >= 15 is 0 Å². The third-order valence-electron chi connectivity index (χ3n) is 4.89. The van der Waals surface area contributed by atoms with Crippen LogP contribution >= 0.6 is 0 Å². The minimum atomic E-state index is -0.944. The van der Waals surface area contributed by atoms with Gasteiger partial charge in [0.1, 0.15) is 11.1 Å². The Morgan fingerprint density at radius 3 is 2.48 bits per heavy atom. The fourth-order valence-corrected chi connectivity index (χ4v) is 3.57. The highest BCUT2D eigenvalue weighted by molar-refractivity contribution is 5.90. The second kappa shape index (κ2) is 8.36. The molecule has 0 aromatic rings. The molecule has 25 heavy (non-hydrogen) atoms. The van der Waals surface area contributed by atoms with Crippen molar-refractivity contribution < 1.29 is 19.4 Å². The molecule has 2 atom stereocenters. The smallest absolute Gasteiger partial charge is 0.408 e. The number of hydrogen-bond acceptors (Lipinski definition) is 5. The summed E-state index contributed by atoms with van der Waals surface area (Å²) < 4.78 is 5.36. The monoisotopic (exact) mass is 355 g/mol. The molecule has 0 aromatic heterocycles. The number of carbonyl (C=O) groups excluding carboxylic acids is 2. The van der Waals surface area contributed by atoms with Crippen LogP contribution in [0.5, 0.6) is 0 Å². The standard InChI is InChI=1S/C18H33N3O4/c1-17(2,3)25-16(24)21-18(9-5-4-6-10-18)15(23)20-13-8-7-11-19-12-14(13)22/h13-14,19,22H,4-12H2,1-3H3,(H,20,23)(H,21,24). The molecule has 2 unspecified atom stereocenters. The Hall–Kier alpha value is -1.34. The van der Waals surface area contributed by atoms with E-state index in [0.717, 1.165) is 38.6 Å². The predicted octanol–water partition coefficient (Wildman–Crippen LogP) is 1.44. The van der Waals surface area contributed by atoms with Crippen molar-refractivity contribution in [3.8, 4) is 0 Å². The van der Waals surface area contributed by atoms with Gasteiger partial charge >= 0.3 is 6.09 Å². The average Bonchev–Trinajstić information content (AvgIpc) is 2.71. The van der Waals surface area contributed by atoms with Gasteiger partial charge in [0.15, 0.2) is 0 Å². The highest BCUT2D eigenvalue weighted by atomic mass is 16.6. The molecule has 144 valence electrons. The zero-order chi connectivity index (χ0) is 18.5. The highest BCUT2D eigenvalue weighted by Crippen LogP contribution is 2.29. The number of rotatable bonds is 3. The quantitative estimate of drug-likeness (QED) is 0.614. The molecule has 4 N–H and O–H groups in total. The lowest BCUT2D eigenvalue weighted by Crippen LogP contribution is -2.62. The second-order valence-corrected chi connectivity index (χ2v) is 8.26. The third kappa shape index (κ3) is 5.85. The van der Waals surface area contributed by atoms with E-state index in [1.807, 2.05) is 0 Å². The summed E-state index contributed by atoms with van der Waals surface area (Å²) in [6.07, 6.45) is 4.47. The van der Waals surface area contributed by atoms with Gasteiger partial charge in [-0.15, -0.1) is 0 Å². The Balaban J connectivity index is 2.07. The minimum Gasteiger partial charge on any atom is -0.444 e. The van der Waals surface area contributed by atoms with Crippen LogP contribution in [0.25, 0.3) is 0 Å². The first-order chi connectivity index (χ1) is 11.7. The Bertz CT molecular complexity index is 469. The maximum atomic E-state index is 13.0. The number of hydrogen-bond donors (Lipinski definition) is 4. The van der Waals surface area contributed by atoms with Crippen LogP contribution < -0.4 is 16.0 Å². The first-order valence-electron chi connectivity index (χ1n) is 9.43. The molecule has 1 aliphatic heterocycles. The Morgan fingerprint density at radius 1 is 1.16 bits per heavy atom. The van der Waals surface area contributed by atoms with Crippen molar-refractivity contribution in [3.63, 3.8) is 0 Å². The largest absolute Gasteiger partial charge is 0.444 e. The van der Waals surface area contributed by atoms with E-state index in [4.69, 9.17) is 4.74 Å². The van der Waals surface area contributed by atoms with E-state index in [0.29, 0.717) is 19.4 Å². The van der Waals surface area contributed by atoms with E-state index < -0.39 is 23.3 Å². The summed E-state index contributed by atoms with van der Waals surface area (Å²) in [5.41, 5.74) is -1.56. The van der Waals surface area contributed by atoms with Gasteiger partial charge in [0.25, 0.3) is 0 Å². The van der Waals surface area contributed by atoms with Crippen LogP contribution in [0.4, 0.5) is 4.79 Å². The fraction of sp³-hybridized carbons (Fsp3) is 0.889. The van der Waals surface area contributed by atoms with Gasteiger partial charge in [-0.2, -0.15) is 0 Å². The summed E-state index contributed by atoms with van der Waals surface area (Å²) in [5.74, 6) is -0.205. The molecule has 2 amide bonds. The van der Waals surface area contributed by atoms with Gasteiger partial charge in [-0.3, -0.25) is 4.79 Å². The summed E-state index contributed by atoms with van der Waals surface area (Å²) in [5, 5.41) is 19.2. The molecule has 0 radical (unpaired) electrons. The number of nitrogens with one attached hydrogen (secondary N) is 3. The van der Waals surface area contributed by atoms with E-state index in [-0.39, 0.29) is 11.9 Å². The van der Waals surface area contributed by atoms with Crippen molar-refractivity contribution >= 4 is 12.0 Å². The first kappa shape index (κ1) is 20.0. The van der Waals surface area contributed by atoms with Crippen molar-refractivity contribution in [2.24, 2.45) is 0 Å². The van der Waals surface area contributed by atoms with Gasteiger partial charge < -0.3 is 25.8 Å². The molecular formula is C18H33N3O4. The van der Waals surface area contributed by atoms with Crippen LogP contribution in [-0.4, -0.2) is 53.5 Å². The molecule has 1 saturated heterocycles. The summed E-state index contributed by atoms with van der Waals surface area (Å²) in [6, 6.07) is -0.290. The first-order valence-corrected chi connectivity index (χ1v) is 9.43. The molecule has 1 heterocycles. The molecule has 1 aliphatic carbocycles. The number of β-amino-alcohol motifs (C(OH)–C–C–N with tert-alkyl or cyclic N) is 1. The van der Waals surface area contributed by atoms with Crippen LogP contribution in [0, 0.1) is 0 Å². The van der Waals surface area contributed by atoms with Crippen LogP contribution in [0.15, 0.2) is 0 Å². The normalized spacial score (nSPS) is 27.0. The molecule has 1 saturated carbocycles. The van der Waals surface area contributed by atoms with Crippen LogP contribution in [0.1, 0.15) is 65.7 Å². The zero-order valence-corrected chi connectivity index (χ0v) is 15.7. The Morgan fingerprint density at radius 2 is 1.84 bits per heavy atom. The van der Waals surface area contributed by atoms with Crippen molar-refractivity contribution in [2.75, 3.05) is 13.1 Å². The van der Waals surface area contributed by atoms with Crippen LogP contribution in [0.2, 0.25) is 0 Å². The van der Waals surface area contributed by atoms with E-state index in [2.05, 4.69) is 16.0 Å². The van der Waals surface area contributed by atoms with Gasteiger partial charge in [-0.05, 0) is 53.0 Å². The number of aliphatic hydroxyl groups is 1. The van der Waals surface area contributed by atoms with E-state index in [1.165, 1.54) is 0 Å². The Labute approximate surface area is 150 Å². The SMILES string of the molecule is CC(C)(C)OC(=O)NC1(C(=O)NC2CCCNCC2O)CCCCC1. The molecule has 0 bridgehead atoms. The van der Waals surface area contributed by atoms with Gasteiger partial charge in [-0.25, -0.2) is 4.79 Å². The zero-order valence-electron chi connectivity index (χ0n) is 15.7. The molecule has 7 heteroatoms. The Kier molecular flexibility index (Phi) is 6.68. The molecule has 2 fully saturated rings. The van der Waals surface area contributed by atoms with Crippen molar-refractivity contribution in [1.82, 2.24) is 16.0 Å². The average molecular weight is 355 g/mol. The maximum Gasteiger partial charge on any atom is 0.408 e. The summed E-state index contributed by atoms with van der Waals surface area (Å²) in [7, 11) is 0. The van der Waals surface area contributed by atoms with Gasteiger partial charge in [0.2, 0.25) is 5.91 Å². The van der Waals surface area contributed by atoms with Crippen molar-refractivity contribution in [3.05, 3.63) is 0 Å². The number of amides is 2. The lowest BCUT2D eigenvalue weighted by atomic mass is 9.80. The lowest BCUT2D eigenvalue weighted by Gasteiger charge is -2.38. The maximum absolute atomic E-state index is 13.0. The predicted molar refractivity (Wildman–Crippen MR) is 95.2 cm³/mol. The summed E-state index contributed by atoms with van der Waals surface area (Å²) in [6.45, 7) is 6.71. The number of aliphatic hydroxyl groups excluding tert-OH is 1. The molecule has 0 spiro atoms. The highest BCUT2D eigenvalue weighted by Gasteiger charge is 2.43. The third-order valence-corrected chi connectivity index (χ3v) is 4.89. The summed E-state index contributed by atoms with van der Waals surface area (Å²) >= 11 is 0. The summed E-state index contributed by atoms with van der Waals surface area (Å²) in [4.78, 5) is 25.3. The van der Waals surface area contributed by atoms with Crippen molar-refractivity contribution in [2.45, 2.75) is 89.0 Å². The van der Waals surface area contributed by atoms with Gasteiger partial charge in [0, 0.05) is 6.54 Å². The molecular weight excluding hydrogens is 322 g/mol. The second-order valence-electron chi connectivity index (χ2n) is 8.26. The van der Waals surface area contributed by atoms with Gasteiger partial charge in [0.05, 0.1) is 12.1 Å². The molecule has 7 nitrogen and oxygen atoms in total. The van der Waals surface area contributed by atoms with E-state index in [1.54, 1.807) is 20.8 Å². The van der Waals surface area contributed by atoms with Crippen molar-refractivity contribution in [1.29, 1.82) is 0 Å². The van der Waals surface area contributed by atoms with Gasteiger partial charge in [-0.1, -0.05) is 19.3 Å².